The van der Waals surface area contributed by atoms with Gasteiger partial charge >= 0.3 is 0 Å². The summed E-state index contributed by atoms with van der Waals surface area (Å²) in [7, 11) is -0.970. The first-order valence-electron chi connectivity index (χ1n) is 9.34. The Morgan fingerprint density at radius 1 is 1.12 bits per heavy atom. The summed E-state index contributed by atoms with van der Waals surface area (Å²) < 4.78 is 32.9. The standard InChI is InChI=1S/C22H21N3O6S/c1-24(32(29,30)20-10-8-19(31-2)9-11-20)18-7-3-5-16(13-18)21(14-22(26)23-27)17-6-4-12-25(28)15-17/h3-15,27H,1-2H3,(H,23,26)/b21-14+. The monoisotopic (exact) mass is 455 g/mol. The molecule has 0 saturated carbocycles. The molecule has 0 aliphatic heterocycles. The zero-order valence-electron chi connectivity index (χ0n) is 17.3. The highest BCUT2D eigenvalue weighted by atomic mass is 32.2. The number of nitrogens with one attached hydrogen (secondary N) is 1. The van der Waals surface area contributed by atoms with Crippen molar-refractivity contribution in [2.45, 2.75) is 4.90 Å². The van der Waals surface area contributed by atoms with E-state index >= 15 is 0 Å². The Morgan fingerprint density at radius 2 is 1.81 bits per heavy atom. The number of amides is 1. The average molecular weight is 455 g/mol. The molecule has 3 aromatic rings. The van der Waals surface area contributed by atoms with Gasteiger partial charge in [-0.15, -0.1) is 0 Å². The van der Waals surface area contributed by atoms with Crippen LogP contribution >= 0.6 is 0 Å². The number of benzene rings is 2. The van der Waals surface area contributed by atoms with E-state index < -0.39 is 15.9 Å². The van der Waals surface area contributed by atoms with Crippen LogP contribution in [0.25, 0.3) is 5.57 Å². The van der Waals surface area contributed by atoms with E-state index in [1.807, 2.05) is 0 Å². The summed E-state index contributed by atoms with van der Waals surface area (Å²) in [5.41, 5.74) is 3.05. The van der Waals surface area contributed by atoms with Gasteiger partial charge in [-0.05, 0) is 48.0 Å². The second-order valence-corrected chi connectivity index (χ2v) is 8.65. The molecule has 32 heavy (non-hydrogen) atoms. The Balaban J connectivity index is 2.04. The molecule has 10 heteroatoms. The maximum Gasteiger partial charge on any atom is 0.267 e. The molecule has 0 aliphatic rings. The average Bonchev–Trinajstić information content (AvgIpc) is 2.81. The molecule has 1 amide bonds. The van der Waals surface area contributed by atoms with Crippen molar-refractivity contribution in [3.8, 4) is 5.75 Å². The van der Waals surface area contributed by atoms with Gasteiger partial charge in [0.15, 0.2) is 12.4 Å². The molecule has 0 unspecified atom stereocenters. The summed E-state index contributed by atoms with van der Waals surface area (Å²) in [6.45, 7) is 0. The smallest absolute Gasteiger partial charge is 0.267 e. The van der Waals surface area contributed by atoms with E-state index in [2.05, 4.69) is 0 Å². The van der Waals surface area contributed by atoms with E-state index in [9.17, 15) is 18.4 Å². The van der Waals surface area contributed by atoms with Crippen LogP contribution in [0.5, 0.6) is 5.75 Å². The van der Waals surface area contributed by atoms with Crippen molar-refractivity contribution < 1.29 is 27.9 Å². The minimum absolute atomic E-state index is 0.0806. The molecule has 1 heterocycles. The summed E-state index contributed by atoms with van der Waals surface area (Å²) in [6.07, 6.45) is 3.67. The molecular weight excluding hydrogens is 434 g/mol. The lowest BCUT2D eigenvalue weighted by Crippen LogP contribution is -2.26. The zero-order valence-corrected chi connectivity index (χ0v) is 18.1. The third-order valence-corrected chi connectivity index (χ3v) is 6.51. The van der Waals surface area contributed by atoms with Crippen molar-refractivity contribution in [1.82, 2.24) is 5.48 Å². The van der Waals surface area contributed by atoms with Crippen molar-refractivity contribution >= 4 is 27.2 Å². The van der Waals surface area contributed by atoms with E-state index in [-0.39, 0.29) is 4.90 Å². The first-order valence-corrected chi connectivity index (χ1v) is 10.8. The van der Waals surface area contributed by atoms with Gasteiger partial charge in [-0.2, -0.15) is 4.73 Å². The molecule has 0 radical (unpaired) electrons. The SMILES string of the molecule is COc1ccc(S(=O)(=O)N(C)c2cccc(/C(=C\C(=O)NO)c3ccc[n+]([O-])c3)c2)cc1. The Bertz CT molecular complexity index is 1260. The van der Waals surface area contributed by atoms with Crippen LogP contribution in [0, 0.1) is 5.21 Å². The van der Waals surface area contributed by atoms with Crippen LogP contribution in [0.15, 0.2) is 84.0 Å². The quantitative estimate of drug-likeness (QED) is 0.185. The number of rotatable bonds is 7. The van der Waals surface area contributed by atoms with E-state index in [0.29, 0.717) is 32.9 Å². The van der Waals surface area contributed by atoms with Crippen molar-refractivity contribution in [2.24, 2.45) is 0 Å². The highest BCUT2D eigenvalue weighted by Gasteiger charge is 2.22. The first kappa shape index (κ1) is 22.8. The normalized spacial score (nSPS) is 11.7. The predicted octanol–water partition coefficient (Wildman–Crippen LogP) is 2.09. The molecule has 0 spiro atoms. The van der Waals surface area contributed by atoms with Crippen LogP contribution in [-0.2, 0) is 14.8 Å². The molecule has 0 bridgehead atoms. The Morgan fingerprint density at radius 3 is 2.44 bits per heavy atom. The van der Waals surface area contributed by atoms with Gasteiger partial charge in [0, 0.05) is 30.3 Å². The number of methoxy groups -OCH3 is 1. The molecule has 1 aromatic heterocycles. The largest absolute Gasteiger partial charge is 0.619 e. The number of sulfonamides is 1. The lowest BCUT2D eigenvalue weighted by Gasteiger charge is -2.21. The van der Waals surface area contributed by atoms with Gasteiger partial charge in [0.2, 0.25) is 0 Å². The number of carbonyl (C=O) groups excluding carboxylic acids is 1. The minimum atomic E-state index is -3.87. The lowest BCUT2D eigenvalue weighted by molar-refractivity contribution is -0.605. The molecule has 2 N–H and O–H groups in total. The van der Waals surface area contributed by atoms with Crippen LogP contribution in [0.2, 0.25) is 0 Å². The van der Waals surface area contributed by atoms with Gasteiger partial charge in [-0.1, -0.05) is 12.1 Å². The topological polar surface area (TPSA) is 123 Å². The fourth-order valence-electron chi connectivity index (χ4n) is 3.02. The molecule has 0 atom stereocenters. The van der Waals surface area contributed by atoms with Crippen molar-refractivity contribution in [1.29, 1.82) is 0 Å². The van der Waals surface area contributed by atoms with Crippen LogP contribution in [0.1, 0.15) is 11.1 Å². The number of ether oxygens (including phenoxy) is 1. The molecule has 2 aromatic carbocycles. The summed E-state index contributed by atoms with van der Waals surface area (Å²) in [6, 6.07) is 15.6. The number of hydrogen-bond acceptors (Lipinski definition) is 6. The second kappa shape index (κ2) is 9.50. The molecule has 166 valence electrons. The predicted molar refractivity (Wildman–Crippen MR) is 117 cm³/mol. The summed E-state index contributed by atoms with van der Waals surface area (Å²) >= 11 is 0. The zero-order chi connectivity index (χ0) is 23.3. The Labute approximate surface area is 185 Å². The van der Waals surface area contributed by atoms with Crippen molar-refractivity contribution in [3.05, 3.63) is 95.5 Å². The van der Waals surface area contributed by atoms with Gasteiger partial charge in [-0.3, -0.25) is 14.3 Å². The molecule has 0 aliphatic carbocycles. The van der Waals surface area contributed by atoms with E-state index in [1.54, 1.807) is 42.5 Å². The number of hydrogen-bond donors (Lipinski definition) is 2. The maximum absolute atomic E-state index is 13.1. The summed E-state index contributed by atoms with van der Waals surface area (Å²) in [4.78, 5) is 11.9. The van der Waals surface area contributed by atoms with Gasteiger partial charge in [-0.25, -0.2) is 13.9 Å². The van der Waals surface area contributed by atoms with Crippen molar-refractivity contribution in [3.63, 3.8) is 0 Å². The Kier molecular flexibility index (Phi) is 6.76. The number of hydroxylamine groups is 1. The number of nitrogens with zero attached hydrogens (tertiary/aromatic N) is 2. The van der Waals surface area contributed by atoms with Crippen LogP contribution < -0.4 is 19.3 Å². The first-order chi connectivity index (χ1) is 15.3. The van der Waals surface area contributed by atoms with Gasteiger partial charge < -0.3 is 9.94 Å². The molecule has 0 fully saturated rings. The third-order valence-electron chi connectivity index (χ3n) is 4.71. The third kappa shape index (κ3) is 4.88. The minimum Gasteiger partial charge on any atom is -0.619 e. The highest BCUT2D eigenvalue weighted by Crippen LogP contribution is 2.29. The molecule has 0 saturated heterocycles. The van der Waals surface area contributed by atoms with E-state index in [0.717, 1.165) is 10.4 Å². The lowest BCUT2D eigenvalue weighted by atomic mass is 9.98. The van der Waals surface area contributed by atoms with E-state index in [1.165, 1.54) is 50.2 Å². The Hall–Kier alpha value is -3.89. The van der Waals surface area contributed by atoms with Crippen molar-refractivity contribution in [2.75, 3.05) is 18.5 Å². The molecular formula is C22H21N3O6S. The second-order valence-electron chi connectivity index (χ2n) is 6.68. The summed E-state index contributed by atoms with van der Waals surface area (Å²) in [5, 5.41) is 20.7. The maximum atomic E-state index is 13.1. The molecule has 9 nitrogen and oxygen atoms in total. The summed E-state index contributed by atoms with van der Waals surface area (Å²) in [5.74, 6) is -0.269. The fraction of sp³-hybridized carbons (Fsp3) is 0.0909. The number of pyridine rings is 1. The fourth-order valence-corrected chi connectivity index (χ4v) is 4.21. The molecule has 3 rings (SSSR count). The van der Waals surface area contributed by atoms with Gasteiger partial charge in [0.05, 0.1) is 17.7 Å². The van der Waals surface area contributed by atoms with Gasteiger partial charge in [0.1, 0.15) is 5.75 Å². The van der Waals surface area contributed by atoms with Gasteiger partial charge in [0.25, 0.3) is 15.9 Å². The van der Waals surface area contributed by atoms with E-state index in [4.69, 9.17) is 9.94 Å². The van der Waals surface area contributed by atoms with Crippen LogP contribution in [0.3, 0.4) is 0 Å². The van der Waals surface area contributed by atoms with Crippen LogP contribution in [0.4, 0.5) is 5.69 Å². The number of carbonyl (C=O) groups is 1. The van der Waals surface area contributed by atoms with Crippen LogP contribution in [-0.4, -0.2) is 33.7 Å². The number of aromatic nitrogens is 1. The highest BCUT2D eigenvalue weighted by molar-refractivity contribution is 7.92. The number of anilines is 1.